The number of benzene rings is 2. The number of fused-ring (bicyclic) bond motifs is 2. The molecule has 2 heterocycles. The number of hydrogen-bond donors (Lipinski definition) is 1. The SMILES string of the molecule is Cn1c(=O)n(C)c2cc(CCC(=O)N[C@H]3CC(C)(C)Oc4ccccc43)ccc21. The maximum absolute atomic E-state index is 12.7. The van der Waals surface area contributed by atoms with Crippen LogP contribution in [0.1, 0.15) is 43.9 Å². The first-order valence-electron chi connectivity index (χ1n) is 9.97. The Morgan fingerprint density at radius 1 is 1.14 bits per heavy atom. The Kier molecular flexibility index (Phi) is 4.73. The molecule has 0 unspecified atom stereocenters. The lowest BCUT2D eigenvalue weighted by molar-refractivity contribution is -0.122. The Morgan fingerprint density at radius 2 is 1.86 bits per heavy atom. The van der Waals surface area contributed by atoms with Gasteiger partial charge in [0.2, 0.25) is 5.91 Å². The van der Waals surface area contributed by atoms with Crippen molar-refractivity contribution in [1.82, 2.24) is 14.5 Å². The Hall–Kier alpha value is -3.02. The fourth-order valence-corrected chi connectivity index (χ4v) is 4.16. The Morgan fingerprint density at radius 3 is 2.66 bits per heavy atom. The molecule has 0 fully saturated rings. The maximum atomic E-state index is 12.7. The van der Waals surface area contributed by atoms with Gasteiger partial charge in [0.05, 0.1) is 17.1 Å². The van der Waals surface area contributed by atoms with Crippen LogP contribution in [0, 0.1) is 0 Å². The largest absolute Gasteiger partial charge is 0.487 e. The van der Waals surface area contributed by atoms with E-state index >= 15 is 0 Å². The molecule has 1 aliphatic heterocycles. The van der Waals surface area contributed by atoms with E-state index in [1.165, 1.54) is 0 Å². The molecule has 152 valence electrons. The van der Waals surface area contributed by atoms with Crippen LogP contribution < -0.4 is 15.7 Å². The van der Waals surface area contributed by atoms with Crippen molar-refractivity contribution in [3.8, 4) is 5.75 Å². The summed E-state index contributed by atoms with van der Waals surface area (Å²) in [5, 5.41) is 3.18. The summed E-state index contributed by atoms with van der Waals surface area (Å²) in [5.74, 6) is 0.856. The van der Waals surface area contributed by atoms with Gasteiger partial charge in [0.15, 0.2) is 0 Å². The predicted octanol–water partition coefficient (Wildman–Crippen LogP) is 3.23. The van der Waals surface area contributed by atoms with E-state index < -0.39 is 0 Å². The van der Waals surface area contributed by atoms with Crippen LogP contribution in [0.5, 0.6) is 5.75 Å². The van der Waals surface area contributed by atoms with E-state index in [0.29, 0.717) is 12.8 Å². The molecule has 6 nitrogen and oxygen atoms in total. The number of aromatic nitrogens is 2. The summed E-state index contributed by atoms with van der Waals surface area (Å²) in [4.78, 5) is 24.8. The average molecular weight is 393 g/mol. The van der Waals surface area contributed by atoms with Gasteiger partial charge in [-0.05, 0) is 44.0 Å². The van der Waals surface area contributed by atoms with E-state index in [-0.39, 0.29) is 23.2 Å². The highest BCUT2D eigenvalue weighted by atomic mass is 16.5. The first-order chi connectivity index (χ1) is 13.7. The lowest BCUT2D eigenvalue weighted by Crippen LogP contribution is -2.41. The number of carbonyl (C=O) groups excluding carboxylic acids is 1. The second-order valence-electron chi connectivity index (χ2n) is 8.45. The molecule has 1 aromatic heterocycles. The minimum absolute atomic E-state index is 0.0181. The standard InChI is InChI=1S/C23H27N3O3/c1-23(2)14-17(16-7-5-6-8-20(16)29-23)24-21(27)12-10-15-9-11-18-19(13-15)26(4)22(28)25(18)3/h5-9,11,13,17H,10,12,14H2,1-4H3,(H,24,27)/t17-/m0/s1. The summed E-state index contributed by atoms with van der Waals surface area (Å²) in [6, 6.07) is 13.8. The van der Waals surface area contributed by atoms with Crippen LogP contribution in [-0.4, -0.2) is 20.6 Å². The van der Waals surface area contributed by atoms with Crippen molar-refractivity contribution in [2.24, 2.45) is 14.1 Å². The summed E-state index contributed by atoms with van der Waals surface area (Å²) >= 11 is 0. The lowest BCUT2D eigenvalue weighted by Gasteiger charge is -2.37. The number of para-hydroxylation sites is 1. The van der Waals surface area contributed by atoms with Crippen molar-refractivity contribution in [1.29, 1.82) is 0 Å². The van der Waals surface area contributed by atoms with Crippen molar-refractivity contribution in [2.45, 2.75) is 44.8 Å². The highest BCUT2D eigenvalue weighted by molar-refractivity contribution is 5.79. The van der Waals surface area contributed by atoms with Gasteiger partial charge < -0.3 is 10.1 Å². The van der Waals surface area contributed by atoms with Gasteiger partial charge in [0, 0.05) is 32.5 Å². The topological polar surface area (TPSA) is 65.3 Å². The monoisotopic (exact) mass is 393 g/mol. The molecule has 0 radical (unpaired) electrons. The van der Waals surface area contributed by atoms with Crippen LogP contribution in [0.25, 0.3) is 11.0 Å². The zero-order valence-electron chi connectivity index (χ0n) is 17.4. The number of carbonyl (C=O) groups is 1. The fourth-order valence-electron chi connectivity index (χ4n) is 4.16. The van der Waals surface area contributed by atoms with E-state index in [1.807, 2.05) is 56.3 Å². The molecule has 2 aromatic carbocycles. The molecule has 1 amide bonds. The molecule has 3 aromatic rings. The fraction of sp³-hybridized carbons (Fsp3) is 0.391. The van der Waals surface area contributed by atoms with E-state index in [1.54, 1.807) is 23.2 Å². The third-order valence-corrected chi connectivity index (χ3v) is 5.69. The van der Waals surface area contributed by atoms with Crippen molar-refractivity contribution in [3.05, 3.63) is 64.1 Å². The van der Waals surface area contributed by atoms with E-state index in [0.717, 1.165) is 34.3 Å². The van der Waals surface area contributed by atoms with Gasteiger partial charge in [-0.15, -0.1) is 0 Å². The Balaban J connectivity index is 1.46. The highest BCUT2D eigenvalue weighted by Gasteiger charge is 2.34. The molecule has 0 aliphatic carbocycles. The first kappa shape index (κ1) is 19.3. The number of hydrogen-bond acceptors (Lipinski definition) is 3. The zero-order chi connectivity index (χ0) is 20.8. The van der Waals surface area contributed by atoms with Gasteiger partial charge in [-0.3, -0.25) is 13.9 Å². The molecule has 1 aliphatic rings. The number of amides is 1. The third kappa shape index (κ3) is 3.67. The van der Waals surface area contributed by atoms with Crippen LogP contribution in [0.4, 0.5) is 0 Å². The molecule has 4 rings (SSSR count). The van der Waals surface area contributed by atoms with Crippen molar-refractivity contribution in [2.75, 3.05) is 0 Å². The number of ether oxygens (including phenoxy) is 1. The minimum Gasteiger partial charge on any atom is -0.487 e. The van der Waals surface area contributed by atoms with Crippen LogP contribution in [0.15, 0.2) is 47.3 Å². The van der Waals surface area contributed by atoms with E-state index in [9.17, 15) is 9.59 Å². The van der Waals surface area contributed by atoms with Crippen molar-refractivity contribution < 1.29 is 9.53 Å². The van der Waals surface area contributed by atoms with Gasteiger partial charge in [0.1, 0.15) is 11.4 Å². The summed E-state index contributed by atoms with van der Waals surface area (Å²) in [5.41, 5.74) is 3.48. The molecular formula is C23H27N3O3. The van der Waals surface area contributed by atoms with E-state index in [2.05, 4.69) is 5.32 Å². The maximum Gasteiger partial charge on any atom is 0.328 e. The summed E-state index contributed by atoms with van der Waals surface area (Å²) in [7, 11) is 3.54. The number of rotatable bonds is 4. The van der Waals surface area contributed by atoms with Crippen LogP contribution in [-0.2, 0) is 25.3 Å². The van der Waals surface area contributed by atoms with Crippen LogP contribution in [0.3, 0.4) is 0 Å². The van der Waals surface area contributed by atoms with Gasteiger partial charge in [0.25, 0.3) is 0 Å². The van der Waals surface area contributed by atoms with Crippen LogP contribution >= 0.6 is 0 Å². The number of imidazole rings is 1. The lowest BCUT2D eigenvalue weighted by atomic mass is 9.89. The summed E-state index contributed by atoms with van der Waals surface area (Å²) in [6.07, 6.45) is 1.75. The van der Waals surface area contributed by atoms with Gasteiger partial charge >= 0.3 is 5.69 Å². The summed E-state index contributed by atoms with van der Waals surface area (Å²) in [6.45, 7) is 4.09. The number of nitrogens with zero attached hydrogens (tertiary/aromatic N) is 2. The molecule has 1 N–H and O–H groups in total. The number of nitrogens with one attached hydrogen (secondary N) is 1. The number of aryl methyl sites for hydroxylation is 3. The first-order valence-corrected chi connectivity index (χ1v) is 9.97. The molecule has 1 atom stereocenters. The summed E-state index contributed by atoms with van der Waals surface area (Å²) < 4.78 is 9.32. The second-order valence-corrected chi connectivity index (χ2v) is 8.45. The van der Waals surface area contributed by atoms with Gasteiger partial charge in [-0.2, -0.15) is 0 Å². The molecule has 0 saturated carbocycles. The zero-order valence-corrected chi connectivity index (χ0v) is 17.4. The quantitative estimate of drug-likeness (QED) is 0.740. The predicted molar refractivity (Wildman–Crippen MR) is 113 cm³/mol. The van der Waals surface area contributed by atoms with Gasteiger partial charge in [-0.25, -0.2) is 4.79 Å². The minimum atomic E-state index is -0.324. The Bertz CT molecular complexity index is 1140. The van der Waals surface area contributed by atoms with Gasteiger partial charge in [-0.1, -0.05) is 24.3 Å². The molecule has 0 bridgehead atoms. The van der Waals surface area contributed by atoms with E-state index in [4.69, 9.17) is 4.74 Å². The third-order valence-electron chi connectivity index (χ3n) is 5.69. The average Bonchev–Trinajstić information content (AvgIpc) is 2.89. The second kappa shape index (κ2) is 7.10. The normalized spacial score (nSPS) is 17.6. The highest BCUT2D eigenvalue weighted by Crippen LogP contribution is 2.39. The van der Waals surface area contributed by atoms with Crippen LogP contribution in [0.2, 0.25) is 0 Å². The molecular weight excluding hydrogens is 366 g/mol. The van der Waals surface area contributed by atoms with Crippen molar-refractivity contribution >= 4 is 16.9 Å². The Labute approximate surface area is 170 Å². The molecule has 0 saturated heterocycles. The van der Waals surface area contributed by atoms with Crippen molar-refractivity contribution in [3.63, 3.8) is 0 Å². The molecule has 29 heavy (non-hydrogen) atoms. The molecule has 6 heteroatoms. The molecule has 0 spiro atoms. The smallest absolute Gasteiger partial charge is 0.328 e.